The second-order valence-electron chi connectivity index (χ2n) is 3.91. The van der Waals surface area contributed by atoms with Gasteiger partial charge in [-0.1, -0.05) is 19.0 Å². The van der Waals surface area contributed by atoms with E-state index in [0.717, 1.165) is 5.92 Å². The van der Waals surface area contributed by atoms with Crippen molar-refractivity contribution in [3.63, 3.8) is 0 Å². The second kappa shape index (κ2) is 4.94. The van der Waals surface area contributed by atoms with Crippen LogP contribution in [0.3, 0.4) is 0 Å². The minimum absolute atomic E-state index is 0.349. The smallest absolute Gasteiger partial charge is 0.0166 e. The van der Waals surface area contributed by atoms with Gasteiger partial charge in [0.05, 0.1) is 0 Å². The Labute approximate surface area is 73.0 Å². The van der Waals surface area contributed by atoms with Crippen molar-refractivity contribution in [3.8, 4) is 0 Å². The van der Waals surface area contributed by atoms with Gasteiger partial charge in [0.15, 0.2) is 0 Å². The Morgan fingerprint density at radius 3 is 2.91 bits per heavy atom. The van der Waals surface area contributed by atoms with Crippen molar-refractivity contribution < 1.29 is 0 Å². The molecule has 2 heteroatoms. The lowest BCUT2D eigenvalue weighted by Crippen LogP contribution is -2.13. The first-order chi connectivity index (χ1) is 5.33. The molecule has 1 unspecified atom stereocenters. The number of hydrogen-bond donors (Lipinski definition) is 0. The second-order valence-corrected chi connectivity index (χ2v) is 5.62. The van der Waals surface area contributed by atoms with Crippen LogP contribution < -0.4 is 0 Å². The third-order valence-electron chi connectivity index (χ3n) is 2.70. The van der Waals surface area contributed by atoms with Crippen LogP contribution in [0.1, 0.15) is 19.3 Å². The van der Waals surface area contributed by atoms with E-state index in [1.165, 1.54) is 32.4 Å². The van der Waals surface area contributed by atoms with E-state index in [1.54, 1.807) is 6.04 Å². The summed E-state index contributed by atoms with van der Waals surface area (Å²) in [5.41, 5.74) is 0. The molecule has 1 saturated heterocycles. The number of likely N-dealkylation sites (tertiary alicyclic amines) is 1. The highest BCUT2D eigenvalue weighted by molar-refractivity contribution is 6.33. The molecule has 0 amide bonds. The minimum atomic E-state index is 0.349. The third kappa shape index (κ3) is 3.39. The van der Waals surface area contributed by atoms with Gasteiger partial charge in [0.25, 0.3) is 0 Å². The van der Waals surface area contributed by atoms with Crippen LogP contribution in [0.2, 0.25) is 12.6 Å². The molecule has 0 saturated carbocycles. The van der Waals surface area contributed by atoms with Crippen LogP contribution >= 0.6 is 0 Å². The van der Waals surface area contributed by atoms with Gasteiger partial charge in [-0.05, 0) is 32.4 Å². The highest BCUT2D eigenvalue weighted by Gasteiger charge is 2.17. The van der Waals surface area contributed by atoms with Crippen molar-refractivity contribution in [2.24, 2.45) is 5.92 Å². The van der Waals surface area contributed by atoms with Gasteiger partial charge in [-0.25, -0.2) is 0 Å². The van der Waals surface area contributed by atoms with Crippen molar-refractivity contribution in [2.45, 2.75) is 31.9 Å². The predicted octanol–water partition coefficient (Wildman–Crippen LogP) is 1.35. The van der Waals surface area contributed by atoms with Crippen molar-refractivity contribution in [1.82, 2.24) is 4.90 Å². The zero-order valence-electron chi connectivity index (χ0n) is 7.97. The Morgan fingerprint density at radius 2 is 2.36 bits per heavy atom. The Morgan fingerprint density at radius 1 is 1.55 bits per heavy atom. The molecule has 11 heavy (non-hydrogen) atoms. The molecule has 0 aromatic heterocycles. The van der Waals surface area contributed by atoms with Crippen LogP contribution in [-0.2, 0) is 0 Å². The van der Waals surface area contributed by atoms with E-state index in [-0.39, 0.29) is 0 Å². The molecule has 1 rings (SSSR count). The molecule has 0 bridgehead atoms. The minimum Gasteiger partial charge on any atom is -0.306 e. The quantitative estimate of drug-likeness (QED) is 0.456. The van der Waals surface area contributed by atoms with E-state index in [9.17, 15) is 0 Å². The molecule has 1 atom stereocenters. The summed E-state index contributed by atoms with van der Waals surface area (Å²) < 4.78 is 0. The molecule has 1 fully saturated rings. The van der Waals surface area contributed by atoms with Gasteiger partial charge in [0.1, 0.15) is 0 Å². The summed E-state index contributed by atoms with van der Waals surface area (Å²) >= 11 is 0. The van der Waals surface area contributed by atoms with Crippen molar-refractivity contribution in [2.75, 3.05) is 20.1 Å². The zero-order valence-corrected chi connectivity index (χ0v) is 9.39. The van der Waals surface area contributed by atoms with Gasteiger partial charge in [-0.15, -0.1) is 0 Å². The Kier molecular flexibility index (Phi) is 4.16. The average molecular weight is 171 g/mol. The number of hydrogen-bond acceptors (Lipinski definition) is 1. The van der Waals surface area contributed by atoms with E-state index < -0.39 is 0 Å². The van der Waals surface area contributed by atoms with Crippen molar-refractivity contribution in [1.29, 1.82) is 0 Å². The number of rotatable bonds is 4. The van der Waals surface area contributed by atoms with E-state index in [1.807, 2.05) is 0 Å². The summed E-state index contributed by atoms with van der Waals surface area (Å²) in [5.74, 6) is 1.04. The molecule has 1 aliphatic rings. The number of nitrogens with zero attached hydrogens (tertiary/aromatic N) is 1. The Hall–Kier alpha value is 0.177. The van der Waals surface area contributed by atoms with Crippen LogP contribution in [-0.4, -0.2) is 34.6 Å². The summed E-state index contributed by atoms with van der Waals surface area (Å²) in [6.45, 7) is 5.13. The maximum Gasteiger partial charge on any atom is 0.0166 e. The van der Waals surface area contributed by atoms with Gasteiger partial charge in [-0.3, -0.25) is 0 Å². The molecule has 1 aliphatic heterocycles. The van der Waals surface area contributed by atoms with Gasteiger partial charge in [0, 0.05) is 16.1 Å². The molecular weight excluding hydrogens is 150 g/mol. The van der Waals surface area contributed by atoms with Gasteiger partial charge in [0.2, 0.25) is 0 Å². The summed E-state index contributed by atoms with van der Waals surface area (Å²) in [6.07, 6.45) is 4.48. The van der Waals surface area contributed by atoms with Crippen LogP contribution in [0.25, 0.3) is 0 Å². The van der Waals surface area contributed by atoms with E-state index in [4.69, 9.17) is 0 Å². The predicted molar refractivity (Wildman–Crippen MR) is 54.1 cm³/mol. The SMILES string of the molecule is C[SiH2]CCCC1CCN(C)C1. The molecule has 0 aromatic rings. The van der Waals surface area contributed by atoms with E-state index in [0.29, 0.717) is 9.52 Å². The fraction of sp³-hybridized carbons (Fsp3) is 1.00. The van der Waals surface area contributed by atoms with Crippen LogP contribution in [0.15, 0.2) is 0 Å². The summed E-state index contributed by atoms with van der Waals surface area (Å²) in [4.78, 5) is 2.47. The van der Waals surface area contributed by atoms with Gasteiger partial charge >= 0.3 is 0 Å². The first kappa shape index (κ1) is 9.27. The topological polar surface area (TPSA) is 3.24 Å². The van der Waals surface area contributed by atoms with Crippen LogP contribution in [0, 0.1) is 5.92 Å². The lowest BCUT2D eigenvalue weighted by atomic mass is 10.0. The maximum absolute atomic E-state index is 2.47. The lowest BCUT2D eigenvalue weighted by Gasteiger charge is -2.08. The van der Waals surface area contributed by atoms with Crippen molar-refractivity contribution in [3.05, 3.63) is 0 Å². The molecule has 1 nitrogen and oxygen atoms in total. The molecule has 1 heterocycles. The Balaban J connectivity index is 1.99. The van der Waals surface area contributed by atoms with Crippen molar-refractivity contribution >= 4 is 9.52 Å². The largest absolute Gasteiger partial charge is 0.306 e. The molecule has 0 aliphatic carbocycles. The Bertz CT molecular complexity index is 106. The maximum atomic E-state index is 2.47. The molecule has 66 valence electrons. The first-order valence-electron chi connectivity index (χ1n) is 5.01. The molecule has 0 spiro atoms. The van der Waals surface area contributed by atoms with E-state index >= 15 is 0 Å². The standard InChI is InChI=1S/C9H21NSi/c1-10-6-5-9(8-10)4-3-7-11-2/h9H,3-8,11H2,1-2H3. The summed E-state index contributed by atoms with van der Waals surface area (Å²) in [7, 11) is 2.59. The van der Waals surface area contributed by atoms with E-state index in [2.05, 4.69) is 18.5 Å². The average Bonchev–Trinajstić information content (AvgIpc) is 2.37. The monoisotopic (exact) mass is 171 g/mol. The highest BCUT2D eigenvalue weighted by Crippen LogP contribution is 2.19. The summed E-state index contributed by atoms with van der Waals surface area (Å²) in [6, 6.07) is 1.57. The lowest BCUT2D eigenvalue weighted by molar-refractivity contribution is 0.387. The molecule has 0 aromatic carbocycles. The first-order valence-corrected chi connectivity index (χ1v) is 7.43. The van der Waals surface area contributed by atoms with Crippen LogP contribution in [0.5, 0.6) is 0 Å². The molecule has 0 radical (unpaired) electrons. The molecular formula is C9H21NSi. The normalized spacial score (nSPS) is 27.3. The van der Waals surface area contributed by atoms with Crippen LogP contribution in [0.4, 0.5) is 0 Å². The molecule has 0 N–H and O–H groups in total. The third-order valence-corrected chi connectivity index (χ3v) is 3.91. The zero-order chi connectivity index (χ0) is 8.10. The fourth-order valence-electron chi connectivity index (χ4n) is 1.94. The summed E-state index contributed by atoms with van der Waals surface area (Å²) in [5, 5.41) is 0. The fourth-order valence-corrected chi connectivity index (χ4v) is 2.73. The highest BCUT2D eigenvalue weighted by atomic mass is 28.2. The van der Waals surface area contributed by atoms with Gasteiger partial charge < -0.3 is 4.90 Å². The van der Waals surface area contributed by atoms with Gasteiger partial charge in [-0.2, -0.15) is 0 Å².